The predicted molar refractivity (Wildman–Crippen MR) is 80.2 cm³/mol. The molecule has 104 valence electrons. The Bertz CT molecular complexity index is 479. The molecule has 0 aliphatic rings. The maximum absolute atomic E-state index is 12.2. The number of hydrogen-bond donors (Lipinski definition) is 0. The lowest BCUT2D eigenvalue weighted by Gasteiger charge is -2.22. The Kier molecular flexibility index (Phi) is 6.81. The SMILES string of the molecule is CC(C)CN(CCC#N)CC(=O)c1cc(Cl)sc1Cl. The van der Waals surface area contributed by atoms with Crippen LogP contribution in [0.15, 0.2) is 6.07 Å². The second-order valence-electron chi connectivity index (χ2n) is 4.70. The topological polar surface area (TPSA) is 44.1 Å². The van der Waals surface area contributed by atoms with Gasteiger partial charge in [0.25, 0.3) is 0 Å². The first-order valence-corrected chi connectivity index (χ1v) is 7.58. The van der Waals surface area contributed by atoms with Crippen molar-refractivity contribution in [2.24, 2.45) is 5.92 Å². The number of ketones is 1. The number of thiophene rings is 1. The molecule has 1 rings (SSSR count). The molecule has 0 unspecified atom stereocenters. The van der Waals surface area contributed by atoms with Gasteiger partial charge >= 0.3 is 0 Å². The van der Waals surface area contributed by atoms with E-state index < -0.39 is 0 Å². The fraction of sp³-hybridized carbons (Fsp3) is 0.538. The third-order valence-corrected chi connectivity index (χ3v) is 3.98. The third-order valence-electron chi connectivity index (χ3n) is 2.49. The van der Waals surface area contributed by atoms with Gasteiger partial charge in [-0.25, -0.2) is 0 Å². The molecule has 6 heteroatoms. The van der Waals surface area contributed by atoms with Crippen molar-refractivity contribution in [1.29, 1.82) is 5.26 Å². The zero-order valence-electron chi connectivity index (χ0n) is 10.9. The number of hydrogen-bond acceptors (Lipinski definition) is 4. The largest absolute Gasteiger partial charge is 0.295 e. The molecule has 0 saturated carbocycles. The standard InChI is InChI=1S/C13H16Cl2N2OS/c1-9(2)7-17(5-3-4-16)8-11(18)10-6-12(14)19-13(10)15/h6,9H,3,5,7-8H2,1-2H3. The van der Waals surface area contributed by atoms with Gasteiger partial charge in [0.2, 0.25) is 0 Å². The number of halogens is 2. The second-order valence-corrected chi connectivity index (χ2v) is 6.98. The van der Waals surface area contributed by atoms with Gasteiger partial charge in [0.1, 0.15) is 4.34 Å². The molecule has 3 nitrogen and oxygen atoms in total. The van der Waals surface area contributed by atoms with Gasteiger partial charge < -0.3 is 0 Å². The number of nitriles is 1. The lowest BCUT2D eigenvalue weighted by molar-refractivity contribution is 0.0924. The summed E-state index contributed by atoms with van der Waals surface area (Å²) in [5.74, 6) is 0.389. The van der Waals surface area contributed by atoms with Gasteiger partial charge in [-0.15, -0.1) is 11.3 Å². The van der Waals surface area contributed by atoms with Crippen molar-refractivity contribution in [2.75, 3.05) is 19.6 Å². The van der Waals surface area contributed by atoms with Crippen LogP contribution in [-0.4, -0.2) is 30.3 Å². The first-order chi connectivity index (χ1) is 8.93. The molecule has 0 spiro atoms. The highest BCUT2D eigenvalue weighted by Crippen LogP contribution is 2.31. The molecule has 0 radical (unpaired) electrons. The molecule has 0 amide bonds. The summed E-state index contributed by atoms with van der Waals surface area (Å²) in [6, 6.07) is 3.71. The molecule has 1 heterocycles. The lowest BCUT2D eigenvalue weighted by atomic mass is 10.1. The van der Waals surface area contributed by atoms with Crippen LogP contribution in [0.5, 0.6) is 0 Å². The van der Waals surface area contributed by atoms with Crippen molar-refractivity contribution in [3.63, 3.8) is 0 Å². The first-order valence-electron chi connectivity index (χ1n) is 6.01. The summed E-state index contributed by atoms with van der Waals surface area (Å²) in [7, 11) is 0. The summed E-state index contributed by atoms with van der Waals surface area (Å²) < 4.78 is 0.945. The minimum atomic E-state index is -0.0493. The van der Waals surface area contributed by atoms with Gasteiger partial charge in [-0.2, -0.15) is 5.26 Å². The number of rotatable bonds is 7. The molecule has 0 bridgehead atoms. The fourth-order valence-electron chi connectivity index (χ4n) is 1.78. The second kappa shape index (κ2) is 7.86. The first kappa shape index (κ1) is 16.5. The van der Waals surface area contributed by atoms with Crippen LogP contribution in [-0.2, 0) is 0 Å². The lowest BCUT2D eigenvalue weighted by Crippen LogP contribution is -2.33. The van der Waals surface area contributed by atoms with Crippen molar-refractivity contribution >= 4 is 40.3 Å². The highest BCUT2D eigenvalue weighted by Gasteiger charge is 2.18. The Morgan fingerprint density at radius 1 is 1.53 bits per heavy atom. The Morgan fingerprint density at radius 2 is 2.21 bits per heavy atom. The highest BCUT2D eigenvalue weighted by molar-refractivity contribution is 7.20. The van der Waals surface area contributed by atoms with E-state index in [1.807, 2.05) is 4.90 Å². The van der Waals surface area contributed by atoms with Gasteiger partial charge in [-0.05, 0) is 12.0 Å². The number of carbonyl (C=O) groups is 1. The van der Waals surface area contributed by atoms with Crippen LogP contribution >= 0.6 is 34.5 Å². The molecule has 1 aromatic heterocycles. The van der Waals surface area contributed by atoms with E-state index >= 15 is 0 Å². The van der Waals surface area contributed by atoms with Crippen molar-refractivity contribution in [3.8, 4) is 6.07 Å². The normalized spacial score (nSPS) is 11.0. The fourth-order valence-corrected chi connectivity index (χ4v) is 3.28. The van der Waals surface area contributed by atoms with Crippen LogP contribution in [0.25, 0.3) is 0 Å². The number of nitrogens with zero attached hydrogens (tertiary/aromatic N) is 2. The van der Waals surface area contributed by atoms with E-state index in [0.29, 0.717) is 33.1 Å². The van der Waals surface area contributed by atoms with E-state index in [0.717, 1.165) is 6.54 Å². The molecule has 19 heavy (non-hydrogen) atoms. The molecule has 0 aromatic carbocycles. The summed E-state index contributed by atoms with van der Waals surface area (Å²) >= 11 is 13.0. The van der Waals surface area contributed by atoms with E-state index in [2.05, 4.69) is 19.9 Å². The Labute approximate surface area is 127 Å². The minimum Gasteiger partial charge on any atom is -0.295 e. The molecule has 0 aliphatic heterocycles. The Balaban J connectivity index is 2.70. The summed E-state index contributed by atoms with van der Waals surface area (Å²) in [6.45, 7) is 5.81. The number of carbonyl (C=O) groups excluding carboxylic acids is 1. The van der Waals surface area contributed by atoms with E-state index in [4.69, 9.17) is 28.5 Å². The molecular weight excluding hydrogens is 303 g/mol. The maximum atomic E-state index is 12.2. The van der Waals surface area contributed by atoms with Crippen LogP contribution in [0.3, 0.4) is 0 Å². The summed E-state index contributed by atoms with van der Waals surface area (Å²) in [4.78, 5) is 14.2. The monoisotopic (exact) mass is 318 g/mol. The average Bonchev–Trinajstić information content (AvgIpc) is 2.64. The van der Waals surface area contributed by atoms with Gasteiger partial charge in [0.15, 0.2) is 5.78 Å². The van der Waals surface area contributed by atoms with Gasteiger partial charge in [-0.1, -0.05) is 37.0 Å². The number of Topliss-reactive ketones (excluding diaryl/α,β-unsaturated/α-hetero) is 1. The van der Waals surface area contributed by atoms with E-state index in [1.165, 1.54) is 11.3 Å². The minimum absolute atomic E-state index is 0.0493. The van der Waals surface area contributed by atoms with Crippen LogP contribution in [0, 0.1) is 17.2 Å². The molecule has 0 N–H and O–H groups in total. The predicted octanol–water partition coefficient (Wildman–Crippen LogP) is 4.11. The highest BCUT2D eigenvalue weighted by atomic mass is 35.5. The van der Waals surface area contributed by atoms with Crippen molar-refractivity contribution in [3.05, 3.63) is 20.3 Å². The summed E-state index contributed by atoms with van der Waals surface area (Å²) in [6.07, 6.45) is 0.415. The summed E-state index contributed by atoms with van der Waals surface area (Å²) in [5, 5.41) is 8.65. The van der Waals surface area contributed by atoms with E-state index in [9.17, 15) is 4.79 Å². The van der Waals surface area contributed by atoms with Crippen LogP contribution in [0.1, 0.15) is 30.6 Å². The summed E-state index contributed by atoms with van der Waals surface area (Å²) in [5.41, 5.74) is 0.474. The van der Waals surface area contributed by atoms with Crippen LogP contribution < -0.4 is 0 Å². The van der Waals surface area contributed by atoms with E-state index in [1.54, 1.807) is 6.07 Å². The molecular formula is C13H16Cl2N2OS. The average molecular weight is 319 g/mol. The quantitative estimate of drug-likeness (QED) is 0.710. The molecule has 1 aromatic rings. The van der Waals surface area contributed by atoms with E-state index in [-0.39, 0.29) is 12.3 Å². The Morgan fingerprint density at radius 3 is 2.68 bits per heavy atom. The van der Waals surface area contributed by atoms with Crippen molar-refractivity contribution in [1.82, 2.24) is 4.90 Å². The van der Waals surface area contributed by atoms with Gasteiger partial charge in [0.05, 0.1) is 22.5 Å². The van der Waals surface area contributed by atoms with Crippen LogP contribution in [0.4, 0.5) is 0 Å². The van der Waals surface area contributed by atoms with Gasteiger partial charge in [-0.3, -0.25) is 9.69 Å². The van der Waals surface area contributed by atoms with Gasteiger partial charge in [0, 0.05) is 19.5 Å². The zero-order valence-corrected chi connectivity index (χ0v) is 13.3. The van der Waals surface area contributed by atoms with Crippen molar-refractivity contribution in [2.45, 2.75) is 20.3 Å². The third kappa shape index (κ3) is 5.50. The smallest absolute Gasteiger partial charge is 0.179 e. The molecule has 0 saturated heterocycles. The molecule has 0 fully saturated rings. The zero-order chi connectivity index (χ0) is 14.4. The van der Waals surface area contributed by atoms with Crippen LogP contribution in [0.2, 0.25) is 8.67 Å². The maximum Gasteiger partial charge on any atom is 0.179 e. The molecule has 0 atom stereocenters. The van der Waals surface area contributed by atoms with Crippen molar-refractivity contribution < 1.29 is 4.79 Å². The molecule has 0 aliphatic carbocycles. The Hall–Kier alpha value is -0.600.